The van der Waals surface area contributed by atoms with Gasteiger partial charge < -0.3 is 10.1 Å². The lowest BCUT2D eigenvalue weighted by molar-refractivity contribution is -0.136. The number of hydrogen-bond acceptors (Lipinski definition) is 4. The van der Waals surface area contributed by atoms with Crippen molar-refractivity contribution in [2.45, 2.75) is 20.3 Å². The molecule has 0 aliphatic carbocycles. The van der Waals surface area contributed by atoms with E-state index >= 15 is 0 Å². The fourth-order valence-corrected chi connectivity index (χ4v) is 3.38. The molecular weight excluding hydrogens is 408 g/mol. The van der Waals surface area contributed by atoms with E-state index in [1.165, 1.54) is 4.90 Å². The first-order valence-electron chi connectivity index (χ1n) is 8.91. The molecule has 3 rings (SSSR count). The molecule has 1 aliphatic heterocycles. The molecule has 1 N–H and O–H groups in total. The Bertz CT molecular complexity index is 891. The minimum Gasteiger partial charge on any atom is -0.494 e. The van der Waals surface area contributed by atoms with Crippen LogP contribution < -0.4 is 10.1 Å². The van der Waals surface area contributed by atoms with Crippen molar-refractivity contribution >= 4 is 39.0 Å². The van der Waals surface area contributed by atoms with E-state index in [0.717, 1.165) is 15.9 Å². The fraction of sp³-hybridized carbons (Fsp3) is 0.238. The van der Waals surface area contributed by atoms with Gasteiger partial charge in [0.15, 0.2) is 0 Å². The Morgan fingerprint density at radius 1 is 1.04 bits per heavy atom. The van der Waals surface area contributed by atoms with Gasteiger partial charge in [-0.15, -0.1) is 0 Å². The van der Waals surface area contributed by atoms with Gasteiger partial charge in [0.05, 0.1) is 12.2 Å². The molecule has 0 saturated carbocycles. The highest BCUT2D eigenvalue weighted by Gasteiger charge is 2.38. The van der Waals surface area contributed by atoms with E-state index in [4.69, 9.17) is 4.74 Å². The Kier molecular flexibility index (Phi) is 5.96. The number of imide groups is 1. The summed E-state index contributed by atoms with van der Waals surface area (Å²) in [5.74, 6) is 0.153. The maximum atomic E-state index is 13.0. The van der Waals surface area contributed by atoms with Crippen LogP contribution >= 0.6 is 15.9 Å². The average Bonchev–Trinajstić information content (AvgIpc) is 2.88. The standard InChI is InChI=1S/C21H21BrN2O3/c1-3-12-24-20(25)18(14-8-10-17(11-9-14)27-4-2)19(21(24)26)23-16-7-5-6-15(22)13-16/h5-11,13,23H,3-4,12H2,1-2H3. The summed E-state index contributed by atoms with van der Waals surface area (Å²) in [6, 6.07) is 14.7. The molecule has 0 aromatic heterocycles. The highest BCUT2D eigenvalue weighted by atomic mass is 79.9. The van der Waals surface area contributed by atoms with E-state index in [-0.39, 0.29) is 11.8 Å². The van der Waals surface area contributed by atoms with Crippen molar-refractivity contribution < 1.29 is 14.3 Å². The molecule has 0 saturated heterocycles. The van der Waals surface area contributed by atoms with Crippen LogP contribution in [0.25, 0.3) is 5.57 Å². The molecule has 0 spiro atoms. The second-order valence-corrected chi connectivity index (χ2v) is 7.02. The van der Waals surface area contributed by atoms with Crippen molar-refractivity contribution in [3.05, 3.63) is 64.3 Å². The number of benzene rings is 2. The molecule has 0 unspecified atom stereocenters. The maximum Gasteiger partial charge on any atom is 0.278 e. The normalized spacial score (nSPS) is 14.1. The molecule has 27 heavy (non-hydrogen) atoms. The molecule has 2 amide bonds. The van der Waals surface area contributed by atoms with Gasteiger partial charge in [0, 0.05) is 16.7 Å². The van der Waals surface area contributed by atoms with Crippen LogP contribution in [-0.4, -0.2) is 29.9 Å². The van der Waals surface area contributed by atoms with Crippen LogP contribution in [0.5, 0.6) is 5.75 Å². The molecule has 5 nitrogen and oxygen atoms in total. The molecule has 6 heteroatoms. The smallest absolute Gasteiger partial charge is 0.278 e. The van der Waals surface area contributed by atoms with E-state index < -0.39 is 0 Å². The molecule has 2 aromatic rings. The zero-order chi connectivity index (χ0) is 19.4. The van der Waals surface area contributed by atoms with Crippen LogP contribution in [0.2, 0.25) is 0 Å². The van der Waals surface area contributed by atoms with Gasteiger partial charge in [0.2, 0.25) is 0 Å². The summed E-state index contributed by atoms with van der Waals surface area (Å²) >= 11 is 3.43. The van der Waals surface area contributed by atoms with E-state index in [2.05, 4.69) is 21.2 Å². The van der Waals surface area contributed by atoms with Gasteiger partial charge in [-0.3, -0.25) is 14.5 Å². The molecule has 0 atom stereocenters. The van der Waals surface area contributed by atoms with Crippen molar-refractivity contribution in [2.24, 2.45) is 0 Å². The van der Waals surface area contributed by atoms with Gasteiger partial charge in [0.1, 0.15) is 11.4 Å². The van der Waals surface area contributed by atoms with Crippen LogP contribution in [0.3, 0.4) is 0 Å². The Morgan fingerprint density at radius 2 is 1.78 bits per heavy atom. The minimum absolute atomic E-state index is 0.275. The molecule has 0 radical (unpaired) electrons. The highest BCUT2D eigenvalue weighted by Crippen LogP contribution is 2.32. The van der Waals surface area contributed by atoms with Gasteiger partial charge in [-0.2, -0.15) is 0 Å². The van der Waals surface area contributed by atoms with Crippen LogP contribution in [0, 0.1) is 0 Å². The third-order valence-electron chi connectivity index (χ3n) is 4.16. The Hall–Kier alpha value is -2.60. The molecule has 0 bridgehead atoms. The summed E-state index contributed by atoms with van der Waals surface area (Å²) in [6.45, 7) is 4.82. The molecule has 1 heterocycles. The second kappa shape index (κ2) is 8.39. The van der Waals surface area contributed by atoms with E-state index in [1.54, 1.807) is 0 Å². The van der Waals surface area contributed by atoms with Crippen molar-refractivity contribution in [1.82, 2.24) is 4.90 Å². The fourth-order valence-electron chi connectivity index (χ4n) is 2.98. The number of ether oxygens (including phenoxy) is 1. The van der Waals surface area contributed by atoms with Gasteiger partial charge in [0.25, 0.3) is 11.8 Å². The topological polar surface area (TPSA) is 58.6 Å². The summed E-state index contributed by atoms with van der Waals surface area (Å²) in [7, 11) is 0. The van der Waals surface area contributed by atoms with Gasteiger partial charge in [-0.25, -0.2) is 0 Å². The van der Waals surface area contributed by atoms with Crippen molar-refractivity contribution in [3.8, 4) is 5.75 Å². The lowest BCUT2D eigenvalue weighted by atomic mass is 10.0. The quantitative estimate of drug-likeness (QED) is 0.661. The number of amides is 2. The zero-order valence-corrected chi connectivity index (χ0v) is 16.9. The Morgan fingerprint density at radius 3 is 2.41 bits per heavy atom. The summed E-state index contributed by atoms with van der Waals surface area (Å²) in [6.07, 6.45) is 0.707. The first-order valence-corrected chi connectivity index (χ1v) is 9.70. The first kappa shape index (κ1) is 19.2. The van der Waals surface area contributed by atoms with Crippen LogP contribution in [-0.2, 0) is 9.59 Å². The lowest BCUT2D eigenvalue weighted by Crippen LogP contribution is -2.33. The predicted molar refractivity (Wildman–Crippen MR) is 109 cm³/mol. The molecule has 2 aromatic carbocycles. The Labute approximate surface area is 167 Å². The molecule has 0 fully saturated rings. The third-order valence-corrected chi connectivity index (χ3v) is 4.66. The number of rotatable bonds is 7. The number of halogens is 1. The predicted octanol–water partition coefficient (Wildman–Crippen LogP) is 4.45. The van der Waals surface area contributed by atoms with Crippen molar-refractivity contribution in [2.75, 3.05) is 18.5 Å². The number of nitrogens with zero attached hydrogens (tertiary/aromatic N) is 1. The first-order chi connectivity index (χ1) is 13.0. The highest BCUT2D eigenvalue weighted by molar-refractivity contribution is 9.10. The van der Waals surface area contributed by atoms with Crippen molar-refractivity contribution in [1.29, 1.82) is 0 Å². The lowest BCUT2D eigenvalue weighted by Gasteiger charge is -2.13. The summed E-state index contributed by atoms with van der Waals surface area (Å²) in [4.78, 5) is 27.1. The number of carbonyl (C=O) groups is 2. The Balaban J connectivity index is 2.03. The zero-order valence-electron chi connectivity index (χ0n) is 15.3. The maximum absolute atomic E-state index is 13.0. The number of hydrogen-bond donors (Lipinski definition) is 1. The van der Waals surface area contributed by atoms with E-state index in [1.807, 2.05) is 62.4 Å². The summed E-state index contributed by atoms with van der Waals surface area (Å²) < 4.78 is 6.35. The molecular formula is C21H21BrN2O3. The molecule has 1 aliphatic rings. The van der Waals surface area contributed by atoms with Crippen LogP contribution in [0.4, 0.5) is 5.69 Å². The number of anilines is 1. The number of nitrogens with one attached hydrogen (secondary N) is 1. The van der Waals surface area contributed by atoms with Gasteiger partial charge in [-0.1, -0.05) is 41.1 Å². The second-order valence-electron chi connectivity index (χ2n) is 6.10. The number of carbonyl (C=O) groups excluding carboxylic acids is 2. The van der Waals surface area contributed by atoms with Gasteiger partial charge >= 0.3 is 0 Å². The average molecular weight is 429 g/mol. The largest absolute Gasteiger partial charge is 0.494 e. The summed E-state index contributed by atoms with van der Waals surface area (Å²) in [5, 5.41) is 3.14. The van der Waals surface area contributed by atoms with Crippen LogP contribution in [0.15, 0.2) is 58.7 Å². The van der Waals surface area contributed by atoms with Gasteiger partial charge in [-0.05, 0) is 49.2 Å². The van der Waals surface area contributed by atoms with Crippen LogP contribution in [0.1, 0.15) is 25.8 Å². The summed E-state index contributed by atoms with van der Waals surface area (Å²) in [5.41, 5.74) is 2.11. The van der Waals surface area contributed by atoms with E-state index in [0.29, 0.717) is 36.4 Å². The monoisotopic (exact) mass is 428 g/mol. The van der Waals surface area contributed by atoms with E-state index in [9.17, 15) is 9.59 Å². The molecule has 140 valence electrons. The van der Waals surface area contributed by atoms with Crippen molar-refractivity contribution in [3.63, 3.8) is 0 Å². The third kappa shape index (κ3) is 4.06. The minimum atomic E-state index is -0.300. The SMILES string of the molecule is CCCN1C(=O)C(Nc2cccc(Br)c2)=C(c2ccc(OCC)cc2)C1=O.